The topological polar surface area (TPSA) is 41.6 Å². The van der Waals surface area contributed by atoms with E-state index in [2.05, 4.69) is 27.7 Å². The Bertz CT molecular complexity index is 670. The van der Waals surface area contributed by atoms with Crippen LogP contribution < -0.4 is 10.1 Å². The Morgan fingerprint density at radius 3 is 2.76 bits per heavy atom. The number of rotatable bonds is 7. The van der Waals surface area contributed by atoms with E-state index in [-0.39, 0.29) is 18.3 Å². The molecule has 1 N–H and O–H groups in total. The number of hydrogen-bond acceptors (Lipinski definition) is 4. The SMILES string of the molecule is O=C(COc1ccccc1F)NCC1CCN(Cc2cccs2)CC1. The van der Waals surface area contributed by atoms with E-state index in [1.165, 1.54) is 17.0 Å². The first kappa shape index (κ1) is 17.9. The van der Waals surface area contributed by atoms with E-state index in [9.17, 15) is 9.18 Å². The number of nitrogens with zero attached hydrogens (tertiary/aromatic N) is 1. The van der Waals surface area contributed by atoms with Gasteiger partial charge in [-0.25, -0.2) is 4.39 Å². The first-order valence-electron chi connectivity index (χ1n) is 8.59. The number of halogens is 1. The molecule has 0 aliphatic carbocycles. The molecule has 3 rings (SSSR count). The Labute approximate surface area is 151 Å². The second-order valence-electron chi connectivity index (χ2n) is 6.32. The van der Waals surface area contributed by atoms with Crippen molar-refractivity contribution in [1.29, 1.82) is 0 Å². The van der Waals surface area contributed by atoms with Gasteiger partial charge in [-0.1, -0.05) is 18.2 Å². The maximum Gasteiger partial charge on any atom is 0.257 e. The lowest BCUT2D eigenvalue weighted by Crippen LogP contribution is -2.39. The Morgan fingerprint density at radius 2 is 2.04 bits per heavy atom. The highest BCUT2D eigenvalue weighted by Crippen LogP contribution is 2.20. The third-order valence-corrected chi connectivity index (χ3v) is 5.31. The third kappa shape index (κ3) is 5.54. The molecule has 0 unspecified atom stereocenters. The standard InChI is InChI=1S/C19H23FN2O2S/c20-17-5-1-2-6-18(17)24-14-19(23)21-12-15-7-9-22(10-8-15)13-16-4-3-11-25-16/h1-6,11,15H,7-10,12-14H2,(H,21,23). The molecule has 1 aromatic carbocycles. The van der Waals surface area contributed by atoms with Crippen LogP contribution in [0.25, 0.3) is 0 Å². The first-order valence-corrected chi connectivity index (χ1v) is 9.47. The van der Waals surface area contributed by atoms with Gasteiger partial charge < -0.3 is 10.1 Å². The van der Waals surface area contributed by atoms with E-state index in [0.717, 1.165) is 32.5 Å². The van der Waals surface area contributed by atoms with Crippen LogP contribution >= 0.6 is 11.3 Å². The predicted molar refractivity (Wildman–Crippen MR) is 97.2 cm³/mol. The number of piperidine rings is 1. The van der Waals surface area contributed by atoms with Crippen LogP contribution in [0.1, 0.15) is 17.7 Å². The highest BCUT2D eigenvalue weighted by molar-refractivity contribution is 7.09. The van der Waals surface area contributed by atoms with Crippen molar-refractivity contribution in [3.63, 3.8) is 0 Å². The Hall–Kier alpha value is -1.92. The van der Waals surface area contributed by atoms with E-state index in [1.54, 1.807) is 23.5 Å². The van der Waals surface area contributed by atoms with Gasteiger partial charge in [0.25, 0.3) is 5.91 Å². The highest BCUT2D eigenvalue weighted by Gasteiger charge is 2.20. The van der Waals surface area contributed by atoms with E-state index >= 15 is 0 Å². The summed E-state index contributed by atoms with van der Waals surface area (Å²) in [6, 6.07) is 10.4. The van der Waals surface area contributed by atoms with Crippen LogP contribution in [-0.2, 0) is 11.3 Å². The van der Waals surface area contributed by atoms with E-state index in [1.807, 2.05) is 0 Å². The summed E-state index contributed by atoms with van der Waals surface area (Å²) >= 11 is 1.80. The number of thiophene rings is 1. The molecule has 2 aromatic rings. The number of carbonyl (C=O) groups is 1. The van der Waals surface area contributed by atoms with Crippen molar-refractivity contribution in [3.05, 3.63) is 52.5 Å². The Kier molecular flexibility index (Phi) is 6.42. The summed E-state index contributed by atoms with van der Waals surface area (Å²) in [6.07, 6.45) is 2.17. The van der Waals surface area contributed by atoms with Gasteiger partial charge >= 0.3 is 0 Å². The zero-order chi connectivity index (χ0) is 17.5. The second-order valence-corrected chi connectivity index (χ2v) is 7.35. The molecule has 0 bridgehead atoms. The van der Waals surface area contributed by atoms with Crippen molar-refractivity contribution in [2.45, 2.75) is 19.4 Å². The summed E-state index contributed by atoms with van der Waals surface area (Å²) in [7, 11) is 0. The summed E-state index contributed by atoms with van der Waals surface area (Å²) < 4.78 is 18.6. The molecular weight excluding hydrogens is 339 g/mol. The fourth-order valence-corrected chi connectivity index (χ4v) is 3.73. The van der Waals surface area contributed by atoms with Crippen LogP contribution in [0, 0.1) is 11.7 Å². The van der Waals surface area contributed by atoms with Gasteiger partial charge in [0.15, 0.2) is 18.2 Å². The van der Waals surface area contributed by atoms with Crippen molar-refractivity contribution in [3.8, 4) is 5.75 Å². The number of hydrogen-bond donors (Lipinski definition) is 1. The van der Waals surface area contributed by atoms with E-state index in [4.69, 9.17) is 4.74 Å². The summed E-state index contributed by atoms with van der Waals surface area (Å²) in [5.41, 5.74) is 0. The molecule has 1 amide bonds. The van der Waals surface area contributed by atoms with Crippen molar-refractivity contribution >= 4 is 17.2 Å². The van der Waals surface area contributed by atoms with Gasteiger partial charge in [0.2, 0.25) is 0 Å². The number of nitrogens with one attached hydrogen (secondary N) is 1. The van der Waals surface area contributed by atoms with Gasteiger partial charge in [0.05, 0.1) is 0 Å². The quantitative estimate of drug-likeness (QED) is 0.822. The molecule has 1 fully saturated rings. The van der Waals surface area contributed by atoms with Gasteiger partial charge in [-0.15, -0.1) is 11.3 Å². The zero-order valence-corrected chi connectivity index (χ0v) is 14.9. The van der Waals surface area contributed by atoms with Gasteiger partial charge in [0, 0.05) is 18.0 Å². The summed E-state index contributed by atoms with van der Waals surface area (Å²) in [5, 5.41) is 5.01. The molecule has 25 heavy (non-hydrogen) atoms. The van der Waals surface area contributed by atoms with Crippen LogP contribution in [-0.4, -0.2) is 37.0 Å². The predicted octanol–water partition coefficient (Wildman–Crippen LogP) is 3.29. The average molecular weight is 362 g/mol. The van der Waals surface area contributed by atoms with Gasteiger partial charge in [-0.3, -0.25) is 9.69 Å². The molecule has 2 heterocycles. The minimum Gasteiger partial charge on any atom is -0.481 e. The van der Waals surface area contributed by atoms with Crippen LogP contribution in [0.5, 0.6) is 5.75 Å². The Morgan fingerprint density at radius 1 is 1.24 bits per heavy atom. The lowest BCUT2D eigenvalue weighted by molar-refractivity contribution is -0.123. The molecule has 0 radical (unpaired) electrons. The number of amides is 1. The molecule has 4 nitrogen and oxygen atoms in total. The number of ether oxygens (including phenoxy) is 1. The lowest BCUT2D eigenvalue weighted by Gasteiger charge is -2.31. The van der Waals surface area contributed by atoms with Crippen LogP contribution in [0.3, 0.4) is 0 Å². The largest absolute Gasteiger partial charge is 0.481 e. The first-order chi connectivity index (χ1) is 12.2. The number of likely N-dealkylation sites (tertiary alicyclic amines) is 1. The van der Waals surface area contributed by atoms with Crippen molar-refractivity contribution < 1.29 is 13.9 Å². The molecule has 0 atom stereocenters. The normalized spacial score (nSPS) is 15.9. The monoisotopic (exact) mass is 362 g/mol. The molecule has 1 saturated heterocycles. The minimum absolute atomic E-state index is 0.111. The number of carbonyl (C=O) groups excluding carboxylic acids is 1. The highest BCUT2D eigenvalue weighted by atomic mass is 32.1. The molecule has 134 valence electrons. The van der Waals surface area contributed by atoms with Gasteiger partial charge in [-0.2, -0.15) is 0 Å². The lowest BCUT2D eigenvalue weighted by atomic mass is 9.97. The van der Waals surface area contributed by atoms with Gasteiger partial charge in [0.1, 0.15) is 0 Å². The number of benzene rings is 1. The molecule has 1 aliphatic rings. The van der Waals surface area contributed by atoms with Crippen LogP contribution in [0.15, 0.2) is 41.8 Å². The fourth-order valence-electron chi connectivity index (χ4n) is 2.99. The number of para-hydroxylation sites is 1. The van der Waals surface area contributed by atoms with Crippen LogP contribution in [0.2, 0.25) is 0 Å². The smallest absolute Gasteiger partial charge is 0.257 e. The molecule has 6 heteroatoms. The average Bonchev–Trinajstić information content (AvgIpc) is 3.13. The van der Waals surface area contributed by atoms with Crippen molar-refractivity contribution in [2.24, 2.45) is 5.92 Å². The maximum atomic E-state index is 13.4. The second kappa shape index (κ2) is 8.97. The molecule has 0 saturated carbocycles. The summed E-state index contributed by atoms with van der Waals surface area (Å²) in [5.74, 6) is -0.0470. The zero-order valence-electron chi connectivity index (χ0n) is 14.1. The van der Waals surface area contributed by atoms with E-state index < -0.39 is 5.82 Å². The molecule has 0 spiro atoms. The van der Waals surface area contributed by atoms with Crippen molar-refractivity contribution in [1.82, 2.24) is 10.2 Å². The summed E-state index contributed by atoms with van der Waals surface area (Å²) in [4.78, 5) is 15.7. The molecular formula is C19H23FN2O2S. The fraction of sp³-hybridized carbons (Fsp3) is 0.421. The van der Waals surface area contributed by atoms with Crippen LogP contribution in [0.4, 0.5) is 4.39 Å². The Balaban J connectivity index is 1.32. The molecule has 1 aliphatic heterocycles. The minimum atomic E-state index is -0.451. The van der Waals surface area contributed by atoms with Gasteiger partial charge in [-0.05, 0) is 55.4 Å². The molecule has 1 aromatic heterocycles. The third-order valence-electron chi connectivity index (χ3n) is 4.45. The maximum absolute atomic E-state index is 13.4. The van der Waals surface area contributed by atoms with E-state index in [0.29, 0.717) is 12.5 Å². The van der Waals surface area contributed by atoms with Crippen molar-refractivity contribution in [2.75, 3.05) is 26.2 Å². The summed E-state index contributed by atoms with van der Waals surface area (Å²) in [6.45, 7) is 3.64.